The minimum Gasteiger partial charge on any atom is -0.259 e. The van der Waals surface area contributed by atoms with Gasteiger partial charge in [-0.25, -0.2) is 0 Å². The molecule has 0 spiro atoms. The molecule has 0 radical (unpaired) electrons. The van der Waals surface area contributed by atoms with E-state index in [1.165, 1.54) is 0 Å². The molecular weight excluding hydrogens is 108 g/mol. The van der Waals surface area contributed by atoms with Gasteiger partial charge < -0.3 is 0 Å². The molecule has 0 fully saturated rings. The lowest BCUT2D eigenvalue weighted by Gasteiger charge is -2.08. The molecule has 44 valence electrons. The summed E-state index contributed by atoms with van der Waals surface area (Å²) >= 11 is 1.64. The van der Waals surface area contributed by atoms with Crippen molar-refractivity contribution in [1.82, 2.24) is 4.41 Å². The molecule has 0 aromatic heterocycles. The Kier molecular flexibility index (Phi) is 4.60. The molecule has 0 aromatic rings. The van der Waals surface area contributed by atoms with E-state index in [4.69, 9.17) is 5.84 Å². The van der Waals surface area contributed by atoms with Gasteiger partial charge in [0.25, 0.3) is 0 Å². The molecule has 0 heterocycles. The second-order valence-corrected chi connectivity index (χ2v) is 2.46. The molecule has 0 unspecified atom stereocenters. The van der Waals surface area contributed by atoms with Gasteiger partial charge in [0.2, 0.25) is 0 Å². The number of rotatable bonds is 3. The van der Waals surface area contributed by atoms with E-state index in [0.717, 1.165) is 12.3 Å². The summed E-state index contributed by atoms with van der Waals surface area (Å²) in [5.74, 6) is 6.44. The van der Waals surface area contributed by atoms with Crippen molar-refractivity contribution in [2.24, 2.45) is 5.84 Å². The monoisotopic (exact) mass is 120 g/mol. The standard InChI is InChI=1S/C4H12N2S/c1-3-6(5)7-4-2/h3-5H2,1-2H3. The van der Waals surface area contributed by atoms with Crippen LogP contribution in [0.2, 0.25) is 0 Å². The van der Waals surface area contributed by atoms with Gasteiger partial charge in [-0.2, -0.15) is 4.41 Å². The van der Waals surface area contributed by atoms with Crippen molar-refractivity contribution in [3.05, 3.63) is 0 Å². The van der Waals surface area contributed by atoms with Crippen molar-refractivity contribution in [3.8, 4) is 0 Å². The molecule has 2 N–H and O–H groups in total. The molecule has 0 saturated heterocycles. The van der Waals surface area contributed by atoms with Gasteiger partial charge in [-0.1, -0.05) is 25.8 Å². The summed E-state index contributed by atoms with van der Waals surface area (Å²) < 4.78 is 1.72. The molecule has 0 amide bonds. The largest absolute Gasteiger partial charge is 0.259 e. The van der Waals surface area contributed by atoms with E-state index in [9.17, 15) is 0 Å². The van der Waals surface area contributed by atoms with E-state index >= 15 is 0 Å². The number of hydrazine groups is 1. The second-order valence-electron chi connectivity index (χ2n) is 1.15. The van der Waals surface area contributed by atoms with E-state index in [0.29, 0.717) is 0 Å². The first-order chi connectivity index (χ1) is 3.31. The molecule has 0 aliphatic heterocycles. The van der Waals surface area contributed by atoms with E-state index in [-0.39, 0.29) is 0 Å². The van der Waals surface area contributed by atoms with Crippen LogP contribution in [-0.4, -0.2) is 16.7 Å². The highest BCUT2D eigenvalue weighted by Gasteiger charge is 1.87. The van der Waals surface area contributed by atoms with Crippen LogP contribution >= 0.6 is 11.9 Å². The van der Waals surface area contributed by atoms with Crippen LogP contribution in [0.4, 0.5) is 0 Å². The van der Waals surface area contributed by atoms with Gasteiger partial charge in [0.15, 0.2) is 0 Å². The molecule has 0 bridgehead atoms. The molecule has 0 aromatic carbocycles. The first-order valence-corrected chi connectivity index (χ1v) is 3.40. The van der Waals surface area contributed by atoms with E-state index in [1.807, 2.05) is 6.92 Å². The highest BCUT2D eigenvalue weighted by Crippen LogP contribution is 1.99. The Morgan fingerprint density at radius 3 is 2.29 bits per heavy atom. The Balaban J connectivity index is 2.83. The van der Waals surface area contributed by atoms with E-state index in [1.54, 1.807) is 16.4 Å². The topological polar surface area (TPSA) is 29.3 Å². The Morgan fingerprint density at radius 1 is 1.57 bits per heavy atom. The first kappa shape index (κ1) is 7.27. The fourth-order valence-electron chi connectivity index (χ4n) is 0.257. The first-order valence-electron chi connectivity index (χ1n) is 2.46. The summed E-state index contributed by atoms with van der Waals surface area (Å²) in [7, 11) is 0. The third-order valence-corrected chi connectivity index (χ3v) is 1.45. The van der Waals surface area contributed by atoms with Crippen molar-refractivity contribution in [1.29, 1.82) is 0 Å². The average Bonchev–Trinajstić information content (AvgIpc) is 1.68. The highest BCUT2D eigenvalue weighted by molar-refractivity contribution is 7.96. The number of nitrogens with two attached hydrogens (primary N) is 1. The van der Waals surface area contributed by atoms with Crippen LogP contribution < -0.4 is 5.84 Å². The highest BCUT2D eigenvalue weighted by atomic mass is 32.2. The quantitative estimate of drug-likeness (QED) is 0.340. The predicted molar refractivity (Wildman–Crippen MR) is 34.7 cm³/mol. The van der Waals surface area contributed by atoms with E-state index in [2.05, 4.69) is 6.92 Å². The van der Waals surface area contributed by atoms with Crippen molar-refractivity contribution in [2.75, 3.05) is 12.3 Å². The lowest BCUT2D eigenvalue weighted by atomic mass is 10.8. The van der Waals surface area contributed by atoms with Gasteiger partial charge in [-0.15, -0.1) is 0 Å². The van der Waals surface area contributed by atoms with E-state index < -0.39 is 0 Å². The minimum absolute atomic E-state index is 0.915. The molecule has 0 rings (SSSR count). The Labute approximate surface area is 49.2 Å². The van der Waals surface area contributed by atoms with Crippen molar-refractivity contribution in [3.63, 3.8) is 0 Å². The minimum atomic E-state index is 0.915. The Bertz CT molecular complexity index is 40.7. The van der Waals surface area contributed by atoms with Crippen molar-refractivity contribution >= 4 is 11.9 Å². The van der Waals surface area contributed by atoms with Crippen LogP contribution in [0.15, 0.2) is 0 Å². The smallest absolute Gasteiger partial charge is 0.0214 e. The molecule has 7 heavy (non-hydrogen) atoms. The average molecular weight is 120 g/mol. The molecule has 0 aliphatic rings. The maximum Gasteiger partial charge on any atom is 0.0214 e. The van der Waals surface area contributed by atoms with Crippen LogP contribution in [-0.2, 0) is 0 Å². The van der Waals surface area contributed by atoms with Crippen molar-refractivity contribution < 1.29 is 0 Å². The summed E-state index contributed by atoms with van der Waals surface area (Å²) in [6, 6.07) is 0. The van der Waals surface area contributed by atoms with Gasteiger partial charge in [-0.3, -0.25) is 5.84 Å². The fourth-order valence-corrected chi connectivity index (χ4v) is 0.771. The summed E-state index contributed by atoms with van der Waals surface area (Å²) in [6.45, 7) is 5.03. The number of nitrogens with zero attached hydrogens (tertiary/aromatic N) is 1. The second kappa shape index (κ2) is 4.43. The number of hydrogen-bond donors (Lipinski definition) is 1. The zero-order chi connectivity index (χ0) is 5.70. The van der Waals surface area contributed by atoms with Crippen LogP contribution in [0.5, 0.6) is 0 Å². The van der Waals surface area contributed by atoms with Crippen LogP contribution in [0.25, 0.3) is 0 Å². The lowest BCUT2D eigenvalue weighted by molar-refractivity contribution is 0.528. The lowest BCUT2D eigenvalue weighted by Crippen LogP contribution is -2.22. The molecule has 3 heteroatoms. The maximum atomic E-state index is 5.38. The molecule has 2 nitrogen and oxygen atoms in total. The SMILES string of the molecule is CCSN(N)CC. The summed E-state index contributed by atoms with van der Waals surface area (Å²) in [5, 5.41) is 0. The fraction of sp³-hybridized carbons (Fsp3) is 1.00. The number of hydrogen-bond acceptors (Lipinski definition) is 3. The van der Waals surface area contributed by atoms with Crippen LogP contribution in [0.3, 0.4) is 0 Å². The summed E-state index contributed by atoms with van der Waals surface area (Å²) in [5.41, 5.74) is 0. The Hall–Kier alpha value is 0.270. The third-order valence-electron chi connectivity index (χ3n) is 0.607. The van der Waals surface area contributed by atoms with Gasteiger partial charge in [0.1, 0.15) is 0 Å². The van der Waals surface area contributed by atoms with Crippen molar-refractivity contribution in [2.45, 2.75) is 13.8 Å². The predicted octanol–water partition coefficient (Wildman–Crippen LogP) is 0.850. The summed E-state index contributed by atoms with van der Waals surface area (Å²) in [4.78, 5) is 0. The molecule has 0 saturated carbocycles. The molecule has 0 atom stereocenters. The Morgan fingerprint density at radius 2 is 2.14 bits per heavy atom. The zero-order valence-corrected chi connectivity index (χ0v) is 5.66. The van der Waals surface area contributed by atoms with Gasteiger partial charge in [-0.05, 0) is 0 Å². The van der Waals surface area contributed by atoms with Gasteiger partial charge in [0, 0.05) is 12.3 Å². The van der Waals surface area contributed by atoms with Crippen LogP contribution in [0.1, 0.15) is 13.8 Å². The summed E-state index contributed by atoms with van der Waals surface area (Å²) in [6.07, 6.45) is 0. The zero-order valence-electron chi connectivity index (χ0n) is 4.85. The molecule has 0 aliphatic carbocycles. The third kappa shape index (κ3) is 4.12. The van der Waals surface area contributed by atoms with Gasteiger partial charge in [0.05, 0.1) is 0 Å². The van der Waals surface area contributed by atoms with Crippen LogP contribution in [0, 0.1) is 0 Å². The molecular formula is C4H12N2S. The normalized spacial score (nSPS) is 10.3. The van der Waals surface area contributed by atoms with Gasteiger partial charge >= 0.3 is 0 Å². The maximum absolute atomic E-state index is 5.38.